The average molecular weight is 281 g/mol. The van der Waals surface area contributed by atoms with Crippen molar-refractivity contribution in [1.82, 2.24) is 9.55 Å². The summed E-state index contributed by atoms with van der Waals surface area (Å²) >= 11 is 0. The van der Waals surface area contributed by atoms with E-state index in [9.17, 15) is 13.2 Å². The highest BCUT2D eigenvalue weighted by Crippen LogP contribution is 2.25. The molecule has 0 amide bonds. The van der Waals surface area contributed by atoms with Gasteiger partial charge in [0.1, 0.15) is 5.82 Å². The summed E-state index contributed by atoms with van der Waals surface area (Å²) in [5.41, 5.74) is -0.0538. The van der Waals surface area contributed by atoms with Crippen LogP contribution < -0.4 is 5.32 Å². The van der Waals surface area contributed by atoms with Crippen molar-refractivity contribution in [3.63, 3.8) is 0 Å². The first-order chi connectivity index (χ1) is 9.65. The number of nitrogens with zero attached hydrogens (tertiary/aromatic N) is 2. The molecule has 0 unspecified atom stereocenters. The van der Waals surface area contributed by atoms with Crippen molar-refractivity contribution in [2.75, 3.05) is 5.32 Å². The summed E-state index contributed by atoms with van der Waals surface area (Å²) in [5, 5.41) is 3.22. The number of rotatable bonds is 3. The van der Waals surface area contributed by atoms with E-state index in [0.717, 1.165) is 31.7 Å². The van der Waals surface area contributed by atoms with Gasteiger partial charge in [-0.25, -0.2) is 18.2 Å². The van der Waals surface area contributed by atoms with Crippen LogP contribution in [-0.2, 0) is 0 Å². The Morgan fingerprint density at radius 3 is 2.50 bits per heavy atom. The van der Waals surface area contributed by atoms with Crippen LogP contribution in [0.4, 0.5) is 19.1 Å². The van der Waals surface area contributed by atoms with Crippen molar-refractivity contribution in [3.8, 4) is 5.69 Å². The fraction of sp³-hybridized carbons (Fsp3) is 0.357. The maximum absolute atomic E-state index is 13.8. The molecule has 0 atom stereocenters. The standard InChI is InChI=1S/C14H14F3N3/c15-10-7-12(17)13(8-11(10)16)20-6-5-18-14(20)19-9-3-1-2-4-9/h5-9H,1-4H2,(H,18,19). The highest BCUT2D eigenvalue weighted by atomic mass is 19.2. The van der Waals surface area contributed by atoms with Crippen LogP contribution >= 0.6 is 0 Å². The third kappa shape index (κ3) is 2.37. The molecule has 0 spiro atoms. The van der Waals surface area contributed by atoms with Crippen molar-refractivity contribution >= 4 is 5.95 Å². The minimum absolute atomic E-state index is 0.0538. The van der Waals surface area contributed by atoms with Crippen LogP contribution in [0.15, 0.2) is 24.5 Å². The zero-order valence-electron chi connectivity index (χ0n) is 10.7. The zero-order valence-corrected chi connectivity index (χ0v) is 10.7. The van der Waals surface area contributed by atoms with Crippen LogP contribution in [-0.4, -0.2) is 15.6 Å². The molecular weight excluding hydrogens is 267 g/mol. The molecule has 1 aliphatic rings. The molecule has 1 heterocycles. The Balaban J connectivity index is 1.94. The first-order valence-corrected chi connectivity index (χ1v) is 6.60. The predicted octanol–water partition coefficient (Wildman–Crippen LogP) is 3.64. The van der Waals surface area contributed by atoms with Crippen molar-refractivity contribution in [1.29, 1.82) is 0 Å². The lowest BCUT2D eigenvalue weighted by Gasteiger charge is -2.15. The molecule has 1 N–H and O–H groups in total. The maximum atomic E-state index is 13.8. The van der Waals surface area contributed by atoms with Crippen molar-refractivity contribution < 1.29 is 13.2 Å². The van der Waals surface area contributed by atoms with Gasteiger partial charge < -0.3 is 5.32 Å². The molecule has 1 aliphatic carbocycles. The van der Waals surface area contributed by atoms with Crippen LogP contribution in [0.25, 0.3) is 5.69 Å². The van der Waals surface area contributed by atoms with E-state index < -0.39 is 17.5 Å². The lowest BCUT2D eigenvalue weighted by molar-refractivity contribution is 0.493. The molecule has 0 bridgehead atoms. The molecule has 3 nitrogen and oxygen atoms in total. The predicted molar refractivity (Wildman–Crippen MR) is 69.3 cm³/mol. The van der Waals surface area contributed by atoms with Gasteiger partial charge in [0.05, 0.1) is 5.69 Å². The third-order valence-corrected chi connectivity index (χ3v) is 3.58. The van der Waals surface area contributed by atoms with Gasteiger partial charge in [0, 0.05) is 30.6 Å². The number of hydrogen-bond donors (Lipinski definition) is 1. The van der Waals surface area contributed by atoms with Gasteiger partial charge in [0.25, 0.3) is 0 Å². The molecule has 0 saturated heterocycles. The molecule has 1 aromatic carbocycles. The van der Waals surface area contributed by atoms with E-state index in [0.29, 0.717) is 18.1 Å². The van der Waals surface area contributed by atoms with E-state index in [4.69, 9.17) is 0 Å². The first kappa shape index (κ1) is 13.0. The normalized spacial score (nSPS) is 15.8. The SMILES string of the molecule is Fc1cc(F)c(-n2ccnc2NC2CCCC2)cc1F. The number of imidazole rings is 1. The Morgan fingerprint density at radius 2 is 1.75 bits per heavy atom. The van der Waals surface area contributed by atoms with E-state index >= 15 is 0 Å². The second-order valence-corrected chi connectivity index (χ2v) is 4.96. The van der Waals surface area contributed by atoms with Crippen molar-refractivity contribution in [2.45, 2.75) is 31.7 Å². The molecule has 3 rings (SSSR count). The van der Waals surface area contributed by atoms with E-state index in [-0.39, 0.29) is 5.69 Å². The molecule has 106 valence electrons. The molecule has 0 radical (unpaired) electrons. The quantitative estimate of drug-likeness (QED) is 0.870. The van der Waals surface area contributed by atoms with Crippen molar-refractivity contribution in [2.24, 2.45) is 0 Å². The van der Waals surface area contributed by atoms with Gasteiger partial charge in [-0.05, 0) is 12.8 Å². The van der Waals surface area contributed by atoms with Gasteiger partial charge in [0.15, 0.2) is 11.6 Å². The Labute approximate surface area is 114 Å². The van der Waals surface area contributed by atoms with Gasteiger partial charge in [-0.3, -0.25) is 4.57 Å². The second-order valence-electron chi connectivity index (χ2n) is 4.96. The summed E-state index contributed by atoms with van der Waals surface area (Å²) < 4.78 is 41.5. The monoisotopic (exact) mass is 281 g/mol. The molecule has 0 aliphatic heterocycles. The van der Waals surface area contributed by atoms with E-state index in [1.807, 2.05) is 0 Å². The highest BCUT2D eigenvalue weighted by Gasteiger charge is 2.19. The summed E-state index contributed by atoms with van der Waals surface area (Å²) in [6.45, 7) is 0. The largest absolute Gasteiger partial charge is 0.353 e. The molecule has 6 heteroatoms. The van der Waals surface area contributed by atoms with E-state index in [1.165, 1.54) is 17.0 Å². The van der Waals surface area contributed by atoms with Crippen molar-refractivity contribution in [3.05, 3.63) is 42.0 Å². The van der Waals surface area contributed by atoms with Crippen LogP contribution in [0.1, 0.15) is 25.7 Å². The Bertz CT molecular complexity index is 618. The first-order valence-electron chi connectivity index (χ1n) is 6.60. The number of hydrogen-bond acceptors (Lipinski definition) is 2. The zero-order chi connectivity index (χ0) is 14.1. The smallest absolute Gasteiger partial charge is 0.207 e. The van der Waals surface area contributed by atoms with Crippen LogP contribution in [0.2, 0.25) is 0 Å². The summed E-state index contributed by atoms with van der Waals surface area (Å²) in [7, 11) is 0. The molecule has 1 aromatic heterocycles. The lowest BCUT2D eigenvalue weighted by atomic mass is 10.2. The fourth-order valence-electron chi connectivity index (χ4n) is 2.55. The average Bonchev–Trinajstić information content (AvgIpc) is 3.06. The number of anilines is 1. The van der Waals surface area contributed by atoms with Crippen LogP contribution in [0.5, 0.6) is 0 Å². The Morgan fingerprint density at radius 1 is 1.05 bits per heavy atom. The summed E-state index contributed by atoms with van der Waals surface area (Å²) in [5.74, 6) is -2.66. The fourth-order valence-corrected chi connectivity index (χ4v) is 2.55. The van der Waals surface area contributed by atoms with E-state index in [1.54, 1.807) is 0 Å². The minimum Gasteiger partial charge on any atom is -0.353 e. The van der Waals surface area contributed by atoms with Gasteiger partial charge in [-0.15, -0.1) is 0 Å². The number of benzene rings is 1. The molecule has 1 saturated carbocycles. The molecular formula is C14H14F3N3. The van der Waals surface area contributed by atoms with Gasteiger partial charge in [-0.1, -0.05) is 12.8 Å². The van der Waals surface area contributed by atoms with E-state index in [2.05, 4.69) is 10.3 Å². The molecule has 20 heavy (non-hydrogen) atoms. The summed E-state index contributed by atoms with van der Waals surface area (Å²) in [6, 6.07) is 1.68. The minimum atomic E-state index is -1.20. The topological polar surface area (TPSA) is 29.9 Å². The summed E-state index contributed by atoms with van der Waals surface area (Å²) in [4.78, 5) is 4.12. The summed E-state index contributed by atoms with van der Waals surface area (Å²) in [6.07, 6.45) is 7.39. The van der Waals surface area contributed by atoms with Crippen LogP contribution in [0, 0.1) is 17.5 Å². The van der Waals surface area contributed by atoms with Gasteiger partial charge >= 0.3 is 0 Å². The Hall–Kier alpha value is -1.98. The molecule has 1 fully saturated rings. The second kappa shape index (κ2) is 5.19. The van der Waals surface area contributed by atoms with Gasteiger partial charge in [0.2, 0.25) is 5.95 Å². The number of halogens is 3. The maximum Gasteiger partial charge on any atom is 0.207 e. The number of aromatic nitrogens is 2. The molecule has 2 aromatic rings. The number of nitrogens with one attached hydrogen (secondary N) is 1. The highest BCUT2D eigenvalue weighted by molar-refractivity contribution is 5.43. The van der Waals surface area contributed by atoms with Gasteiger partial charge in [-0.2, -0.15) is 0 Å². The van der Waals surface area contributed by atoms with Crippen LogP contribution in [0.3, 0.4) is 0 Å². The Kier molecular flexibility index (Phi) is 3.38. The lowest BCUT2D eigenvalue weighted by Crippen LogP contribution is -2.18. The third-order valence-electron chi connectivity index (χ3n) is 3.58.